The van der Waals surface area contributed by atoms with Crippen LogP contribution in [0.1, 0.15) is 10.4 Å². The highest BCUT2D eigenvalue weighted by Crippen LogP contribution is 2.36. The summed E-state index contributed by atoms with van der Waals surface area (Å²) < 4.78 is 13.8. The molecule has 0 atom stereocenters. The summed E-state index contributed by atoms with van der Waals surface area (Å²) in [5.74, 6) is -1.78. The van der Waals surface area contributed by atoms with Crippen LogP contribution in [0.15, 0.2) is 46.2 Å². The largest absolute Gasteiger partial charge is 0.478 e. The number of hydrogen-bond donors (Lipinski definition) is 1. The summed E-state index contributed by atoms with van der Waals surface area (Å²) >= 11 is 12.9. The molecule has 2 rings (SSSR count). The van der Waals surface area contributed by atoms with Crippen LogP contribution in [-0.4, -0.2) is 11.1 Å². The van der Waals surface area contributed by atoms with Crippen LogP contribution in [0.5, 0.6) is 0 Å². The van der Waals surface area contributed by atoms with Crippen LogP contribution in [0.4, 0.5) is 4.39 Å². The number of benzene rings is 2. The van der Waals surface area contributed by atoms with Gasteiger partial charge in [0.05, 0.1) is 10.6 Å². The first-order valence-electron chi connectivity index (χ1n) is 5.13. The Labute approximate surface area is 123 Å². The third-order valence-electron chi connectivity index (χ3n) is 2.29. The third-order valence-corrected chi connectivity index (χ3v) is 4.08. The van der Waals surface area contributed by atoms with Crippen molar-refractivity contribution < 1.29 is 14.3 Å². The highest BCUT2D eigenvalue weighted by Gasteiger charge is 2.11. The van der Waals surface area contributed by atoms with Gasteiger partial charge in [0, 0.05) is 14.8 Å². The maximum Gasteiger partial charge on any atom is 0.335 e. The second-order valence-electron chi connectivity index (χ2n) is 3.63. The number of aromatic carboxylic acids is 1. The first kappa shape index (κ1) is 14.2. The van der Waals surface area contributed by atoms with Gasteiger partial charge in [0.25, 0.3) is 0 Å². The Bertz CT molecular complexity index is 647. The zero-order valence-electron chi connectivity index (χ0n) is 9.36. The van der Waals surface area contributed by atoms with Gasteiger partial charge in [-0.2, -0.15) is 0 Å². The monoisotopic (exact) mass is 316 g/mol. The van der Waals surface area contributed by atoms with Gasteiger partial charge in [-0.15, -0.1) is 0 Å². The second-order valence-corrected chi connectivity index (χ2v) is 5.55. The van der Waals surface area contributed by atoms with Crippen LogP contribution in [0.2, 0.25) is 10.0 Å². The quantitative estimate of drug-likeness (QED) is 0.867. The van der Waals surface area contributed by atoms with Gasteiger partial charge in [-0.05, 0) is 36.4 Å². The molecule has 0 fully saturated rings. The molecule has 0 amide bonds. The van der Waals surface area contributed by atoms with Crippen molar-refractivity contribution in [1.82, 2.24) is 0 Å². The van der Waals surface area contributed by atoms with Crippen molar-refractivity contribution in [3.63, 3.8) is 0 Å². The maximum atomic E-state index is 13.8. The molecule has 0 aliphatic rings. The lowest BCUT2D eigenvalue weighted by molar-refractivity contribution is 0.0696. The fourth-order valence-corrected chi connectivity index (χ4v) is 2.74. The van der Waals surface area contributed by atoms with E-state index in [4.69, 9.17) is 28.3 Å². The molecule has 0 unspecified atom stereocenters. The fourth-order valence-electron chi connectivity index (χ4n) is 1.39. The Kier molecular flexibility index (Phi) is 4.34. The minimum Gasteiger partial charge on any atom is -0.478 e. The van der Waals surface area contributed by atoms with Gasteiger partial charge in [-0.1, -0.05) is 35.0 Å². The Hall–Kier alpha value is -1.23. The standard InChI is InChI=1S/C13H7Cl2FO2S/c14-8-2-3-9(15)12(6-8)19-11-4-1-7(13(17)18)5-10(11)16/h1-6H,(H,17,18). The molecule has 1 N–H and O–H groups in total. The number of carboxylic acid groups (broad SMARTS) is 1. The molecule has 0 spiro atoms. The van der Waals surface area contributed by atoms with Crippen molar-refractivity contribution in [2.24, 2.45) is 0 Å². The highest BCUT2D eigenvalue weighted by atomic mass is 35.5. The van der Waals surface area contributed by atoms with Crippen LogP contribution >= 0.6 is 35.0 Å². The molecule has 0 aliphatic carbocycles. The minimum absolute atomic E-state index is 0.0981. The summed E-state index contributed by atoms with van der Waals surface area (Å²) in [6, 6.07) is 8.60. The molecule has 0 aliphatic heterocycles. The van der Waals surface area contributed by atoms with E-state index in [0.29, 0.717) is 14.9 Å². The predicted molar refractivity (Wildman–Crippen MR) is 73.9 cm³/mol. The zero-order chi connectivity index (χ0) is 14.0. The predicted octanol–water partition coefficient (Wildman–Crippen LogP) is 4.98. The van der Waals surface area contributed by atoms with E-state index < -0.39 is 11.8 Å². The van der Waals surface area contributed by atoms with Crippen LogP contribution in [-0.2, 0) is 0 Å². The summed E-state index contributed by atoms with van der Waals surface area (Å²) in [4.78, 5) is 11.6. The Balaban J connectivity index is 2.33. The number of halogens is 3. The van der Waals surface area contributed by atoms with Gasteiger partial charge in [-0.25, -0.2) is 9.18 Å². The summed E-state index contributed by atoms with van der Waals surface area (Å²) in [6.45, 7) is 0. The van der Waals surface area contributed by atoms with E-state index in [0.717, 1.165) is 17.8 Å². The van der Waals surface area contributed by atoms with Crippen molar-refractivity contribution >= 4 is 40.9 Å². The molecular weight excluding hydrogens is 310 g/mol. The van der Waals surface area contributed by atoms with Gasteiger partial charge in [-0.3, -0.25) is 0 Å². The molecule has 0 aromatic heterocycles. The van der Waals surface area contributed by atoms with Crippen molar-refractivity contribution in [2.75, 3.05) is 0 Å². The van der Waals surface area contributed by atoms with Crippen LogP contribution in [0.25, 0.3) is 0 Å². The van der Waals surface area contributed by atoms with Crippen LogP contribution in [0, 0.1) is 5.82 Å². The average Bonchev–Trinajstić information content (AvgIpc) is 2.36. The van der Waals surface area contributed by atoms with Crippen LogP contribution < -0.4 is 0 Å². The molecule has 0 saturated heterocycles. The Morgan fingerprint density at radius 3 is 2.47 bits per heavy atom. The number of carboxylic acids is 1. The molecule has 2 aromatic carbocycles. The second kappa shape index (κ2) is 5.82. The van der Waals surface area contributed by atoms with E-state index >= 15 is 0 Å². The molecule has 0 radical (unpaired) electrons. The van der Waals surface area contributed by atoms with Gasteiger partial charge >= 0.3 is 5.97 Å². The lowest BCUT2D eigenvalue weighted by Crippen LogP contribution is -1.97. The zero-order valence-corrected chi connectivity index (χ0v) is 11.7. The molecule has 2 nitrogen and oxygen atoms in total. The molecule has 19 heavy (non-hydrogen) atoms. The third kappa shape index (κ3) is 3.41. The lowest BCUT2D eigenvalue weighted by atomic mass is 10.2. The van der Waals surface area contributed by atoms with Crippen molar-refractivity contribution in [1.29, 1.82) is 0 Å². The lowest BCUT2D eigenvalue weighted by Gasteiger charge is -2.06. The average molecular weight is 317 g/mol. The van der Waals surface area contributed by atoms with Crippen molar-refractivity contribution in [3.8, 4) is 0 Å². The molecule has 0 heterocycles. The van der Waals surface area contributed by atoms with Crippen molar-refractivity contribution in [2.45, 2.75) is 9.79 Å². The first-order valence-corrected chi connectivity index (χ1v) is 6.70. The first-order chi connectivity index (χ1) is 8.97. The number of hydrogen-bond acceptors (Lipinski definition) is 2. The van der Waals surface area contributed by atoms with E-state index in [2.05, 4.69) is 0 Å². The topological polar surface area (TPSA) is 37.3 Å². The molecule has 6 heteroatoms. The van der Waals surface area contributed by atoms with E-state index in [9.17, 15) is 9.18 Å². The summed E-state index contributed by atoms with van der Waals surface area (Å²) in [5.41, 5.74) is -0.0981. The fraction of sp³-hybridized carbons (Fsp3) is 0. The van der Waals surface area contributed by atoms with Gasteiger partial charge in [0.1, 0.15) is 5.82 Å². The summed E-state index contributed by atoms with van der Waals surface area (Å²) in [6.07, 6.45) is 0. The Morgan fingerprint density at radius 1 is 1.11 bits per heavy atom. The van der Waals surface area contributed by atoms with Crippen LogP contribution in [0.3, 0.4) is 0 Å². The normalized spacial score (nSPS) is 10.5. The van der Waals surface area contributed by atoms with E-state index in [1.54, 1.807) is 18.2 Å². The van der Waals surface area contributed by atoms with Gasteiger partial charge in [0.2, 0.25) is 0 Å². The smallest absolute Gasteiger partial charge is 0.335 e. The maximum absolute atomic E-state index is 13.8. The molecule has 0 saturated carbocycles. The van der Waals surface area contributed by atoms with E-state index in [1.165, 1.54) is 12.1 Å². The summed E-state index contributed by atoms with van der Waals surface area (Å²) in [7, 11) is 0. The van der Waals surface area contributed by atoms with Crippen molar-refractivity contribution in [3.05, 3.63) is 57.8 Å². The van der Waals surface area contributed by atoms with E-state index in [1.807, 2.05) is 0 Å². The minimum atomic E-state index is -1.17. The molecule has 2 aromatic rings. The van der Waals surface area contributed by atoms with Gasteiger partial charge in [0.15, 0.2) is 0 Å². The Morgan fingerprint density at radius 2 is 1.84 bits per heavy atom. The van der Waals surface area contributed by atoms with E-state index in [-0.39, 0.29) is 10.5 Å². The molecule has 98 valence electrons. The molecular formula is C13H7Cl2FO2S. The number of rotatable bonds is 3. The number of carbonyl (C=O) groups is 1. The summed E-state index contributed by atoms with van der Waals surface area (Å²) in [5, 5.41) is 9.71. The highest BCUT2D eigenvalue weighted by molar-refractivity contribution is 7.99. The van der Waals surface area contributed by atoms with Gasteiger partial charge < -0.3 is 5.11 Å². The SMILES string of the molecule is O=C(O)c1ccc(Sc2cc(Cl)ccc2Cl)c(F)c1. The molecule has 0 bridgehead atoms.